The smallest absolute Gasteiger partial charge is 0.329 e. The Balaban J connectivity index is 2.03. The predicted octanol–water partition coefficient (Wildman–Crippen LogP) is 2.29. The maximum atomic E-state index is 12.1. The normalized spacial score (nSPS) is 18.2. The van der Waals surface area contributed by atoms with Crippen LogP contribution in [0.2, 0.25) is 0 Å². The number of nitrogens with one attached hydrogen (secondary N) is 1. The highest BCUT2D eigenvalue weighted by Gasteiger charge is 2.39. The van der Waals surface area contributed by atoms with E-state index in [2.05, 4.69) is 10.3 Å². The lowest BCUT2D eigenvalue weighted by Gasteiger charge is -2.29. The Hall–Kier alpha value is -1.43. The molecule has 0 aromatic carbocycles. The SMILES string of the molecule is Cc1nc(CC(=O)NC2(C(=O)O)CCCCCC2)cs1. The molecule has 0 spiro atoms. The third-order valence-electron chi connectivity index (χ3n) is 3.75. The molecule has 0 atom stereocenters. The lowest BCUT2D eigenvalue weighted by Crippen LogP contribution is -2.54. The minimum Gasteiger partial charge on any atom is -0.480 e. The van der Waals surface area contributed by atoms with E-state index in [1.165, 1.54) is 11.3 Å². The van der Waals surface area contributed by atoms with E-state index in [1.54, 1.807) is 0 Å². The van der Waals surface area contributed by atoms with E-state index in [0.29, 0.717) is 18.5 Å². The van der Waals surface area contributed by atoms with Crippen LogP contribution in [0.3, 0.4) is 0 Å². The molecule has 0 saturated heterocycles. The van der Waals surface area contributed by atoms with Crippen molar-refractivity contribution in [2.45, 2.75) is 57.4 Å². The molecule has 1 saturated carbocycles. The van der Waals surface area contributed by atoms with E-state index in [0.717, 1.165) is 30.7 Å². The number of hydrogen-bond donors (Lipinski definition) is 2. The van der Waals surface area contributed by atoms with E-state index in [4.69, 9.17) is 0 Å². The summed E-state index contributed by atoms with van der Waals surface area (Å²) < 4.78 is 0. The molecule has 1 aromatic rings. The lowest BCUT2D eigenvalue weighted by atomic mass is 9.90. The molecule has 6 heteroatoms. The maximum Gasteiger partial charge on any atom is 0.329 e. The second-order valence-electron chi connectivity index (χ2n) is 5.38. The largest absolute Gasteiger partial charge is 0.480 e. The summed E-state index contributed by atoms with van der Waals surface area (Å²) in [7, 11) is 0. The molecule has 0 unspecified atom stereocenters. The van der Waals surface area contributed by atoms with Crippen LogP contribution in [-0.4, -0.2) is 27.5 Å². The second-order valence-corrected chi connectivity index (χ2v) is 6.45. The van der Waals surface area contributed by atoms with Gasteiger partial charge < -0.3 is 10.4 Å². The Labute approximate surface area is 122 Å². The molecular weight excluding hydrogens is 276 g/mol. The number of amides is 1. The van der Waals surface area contributed by atoms with Gasteiger partial charge in [0, 0.05) is 5.38 Å². The van der Waals surface area contributed by atoms with Crippen molar-refractivity contribution in [3.8, 4) is 0 Å². The monoisotopic (exact) mass is 296 g/mol. The summed E-state index contributed by atoms with van der Waals surface area (Å²) in [5, 5.41) is 15.0. The van der Waals surface area contributed by atoms with Gasteiger partial charge in [-0.15, -0.1) is 11.3 Å². The van der Waals surface area contributed by atoms with Gasteiger partial charge in [-0.3, -0.25) is 4.79 Å². The average molecular weight is 296 g/mol. The molecule has 0 bridgehead atoms. The molecule has 1 amide bonds. The van der Waals surface area contributed by atoms with Gasteiger partial charge in [0.2, 0.25) is 5.91 Å². The number of rotatable bonds is 4. The summed E-state index contributed by atoms with van der Waals surface area (Å²) in [4.78, 5) is 27.9. The van der Waals surface area contributed by atoms with Gasteiger partial charge in [0.25, 0.3) is 0 Å². The number of nitrogens with zero attached hydrogens (tertiary/aromatic N) is 1. The fraction of sp³-hybridized carbons (Fsp3) is 0.643. The van der Waals surface area contributed by atoms with Crippen molar-refractivity contribution < 1.29 is 14.7 Å². The summed E-state index contributed by atoms with van der Waals surface area (Å²) in [6, 6.07) is 0. The lowest BCUT2D eigenvalue weighted by molar-refractivity contribution is -0.148. The van der Waals surface area contributed by atoms with Crippen molar-refractivity contribution in [1.82, 2.24) is 10.3 Å². The Kier molecular flexibility index (Phi) is 4.75. The van der Waals surface area contributed by atoms with Crippen molar-refractivity contribution in [2.24, 2.45) is 0 Å². The Morgan fingerprint density at radius 3 is 2.50 bits per heavy atom. The van der Waals surface area contributed by atoms with Gasteiger partial charge >= 0.3 is 5.97 Å². The molecule has 5 nitrogen and oxygen atoms in total. The minimum absolute atomic E-state index is 0.152. The van der Waals surface area contributed by atoms with Crippen molar-refractivity contribution in [2.75, 3.05) is 0 Å². The Bertz CT molecular complexity index is 490. The van der Waals surface area contributed by atoms with Crippen LogP contribution in [0.5, 0.6) is 0 Å². The highest BCUT2D eigenvalue weighted by molar-refractivity contribution is 7.09. The molecule has 1 fully saturated rings. The topological polar surface area (TPSA) is 79.3 Å². The van der Waals surface area contributed by atoms with Crippen LogP contribution in [0.15, 0.2) is 5.38 Å². The zero-order valence-electron chi connectivity index (χ0n) is 11.6. The maximum absolute atomic E-state index is 12.1. The van der Waals surface area contributed by atoms with E-state index in [1.807, 2.05) is 12.3 Å². The van der Waals surface area contributed by atoms with Crippen molar-refractivity contribution >= 4 is 23.2 Å². The number of aryl methyl sites for hydroxylation is 1. The minimum atomic E-state index is -1.08. The fourth-order valence-corrected chi connectivity index (χ4v) is 3.30. The van der Waals surface area contributed by atoms with Gasteiger partial charge in [-0.1, -0.05) is 25.7 Å². The van der Waals surface area contributed by atoms with E-state index < -0.39 is 11.5 Å². The Morgan fingerprint density at radius 2 is 2.00 bits per heavy atom. The van der Waals surface area contributed by atoms with Gasteiger partial charge in [0.15, 0.2) is 0 Å². The van der Waals surface area contributed by atoms with Crippen molar-refractivity contribution in [3.63, 3.8) is 0 Å². The van der Waals surface area contributed by atoms with Crippen LogP contribution in [-0.2, 0) is 16.0 Å². The second kappa shape index (κ2) is 6.35. The number of aliphatic carboxylic acids is 1. The molecule has 2 rings (SSSR count). The highest BCUT2D eigenvalue weighted by atomic mass is 32.1. The summed E-state index contributed by atoms with van der Waals surface area (Å²) in [5.41, 5.74) is -0.377. The van der Waals surface area contributed by atoms with Crippen LogP contribution < -0.4 is 5.32 Å². The number of aromatic nitrogens is 1. The van der Waals surface area contributed by atoms with Gasteiger partial charge in [-0.05, 0) is 19.8 Å². The van der Waals surface area contributed by atoms with Gasteiger partial charge in [-0.25, -0.2) is 9.78 Å². The van der Waals surface area contributed by atoms with E-state index in [9.17, 15) is 14.7 Å². The summed E-state index contributed by atoms with van der Waals surface area (Å²) in [6.07, 6.45) is 4.96. The van der Waals surface area contributed by atoms with Gasteiger partial charge in [-0.2, -0.15) is 0 Å². The standard InChI is InChI=1S/C14H20N2O3S/c1-10-15-11(9-20-10)8-12(17)16-14(13(18)19)6-4-2-3-5-7-14/h9H,2-8H2,1H3,(H,16,17)(H,18,19). The third-order valence-corrected chi connectivity index (χ3v) is 4.58. The van der Waals surface area contributed by atoms with Crippen LogP contribution >= 0.6 is 11.3 Å². The number of carboxylic acid groups (broad SMARTS) is 1. The molecule has 1 aromatic heterocycles. The summed E-state index contributed by atoms with van der Waals surface area (Å²) in [5.74, 6) is -1.16. The first-order chi connectivity index (χ1) is 9.52. The molecule has 1 aliphatic carbocycles. The van der Waals surface area contributed by atoms with Crippen LogP contribution in [0, 0.1) is 6.92 Å². The van der Waals surface area contributed by atoms with Gasteiger partial charge in [0.1, 0.15) is 5.54 Å². The first kappa shape index (κ1) is 15.0. The molecule has 20 heavy (non-hydrogen) atoms. The predicted molar refractivity (Wildman–Crippen MR) is 76.8 cm³/mol. The third kappa shape index (κ3) is 3.56. The summed E-state index contributed by atoms with van der Waals surface area (Å²) in [6.45, 7) is 1.89. The van der Waals surface area contributed by atoms with Gasteiger partial charge in [0.05, 0.1) is 17.1 Å². The van der Waals surface area contributed by atoms with Crippen LogP contribution in [0.25, 0.3) is 0 Å². The number of carboxylic acids is 1. The van der Waals surface area contributed by atoms with E-state index in [-0.39, 0.29) is 12.3 Å². The number of thiazole rings is 1. The fourth-order valence-electron chi connectivity index (χ4n) is 2.69. The van der Waals surface area contributed by atoms with Crippen molar-refractivity contribution in [3.05, 3.63) is 16.1 Å². The van der Waals surface area contributed by atoms with Crippen LogP contribution in [0.4, 0.5) is 0 Å². The number of carbonyl (C=O) groups excluding carboxylic acids is 1. The molecule has 1 heterocycles. The Morgan fingerprint density at radius 1 is 1.35 bits per heavy atom. The number of carbonyl (C=O) groups is 2. The van der Waals surface area contributed by atoms with Crippen molar-refractivity contribution in [1.29, 1.82) is 0 Å². The molecular formula is C14H20N2O3S. The molecule has 0 radical (unpaired) electrons. The molecule has 2 N–H and O–H groups in total. The van der Waals surface area contributed by atoms with Crippen LogP contribution in [0.1, 0.15) is 49.2 Å². The first-order valence-electron chi connectivity index (χ1n) is 6.97. The zero-order chi connectivity index (χ0) is 14.6. The zero-order valence-corrected chi connectivity index (χ0v) is 12.5. The molecule has 1 aliphatic rings. The van der Waals surface area contributed by atoms with E-state index >= 15 is 0 Å². The quantitative estimate of drug-likeness (QED) is 0.835. The highest BCUT2D eigenvalue weighted by Crippen LogP contribution is 2.27. The number of hydrogen-bond acceptors (Lipinski definition) is 4. The molecule has 0 aliphatic heterocycles. The average Bonchev–Trinajstić information content (AvgIpc) is 2.64. The molecule has 110 valence electrons. The summed E-state index contributed by atoms with van der Waals surface area (Å²) >= 11 is 1.49. The first-order valence-corrected chi connectivity index (χ1v) is 7.85.